The monoisotopic (exact) mass is 365 g/mol. The topological polar surface area (TPSA) is 55.4 Å². The van der Waals surface area contributed by atoms with Crippen molar-refractivity contribution in [3.05, 3.63) is 71.8 Å². The predicted molar refractivity (Wildman–Crippen MR) is 105 cm³/mol. The highest BCUT2D eigenvalue weighted by Crippen LogP contribution is 2.26. The highest BCUT2D eigenvalue weighted by molar-refractivity contribution is 5.85. The van der Waals surface area contributed by atoms with Gasteiger partial charge >= 0.3 is 5.97 Å². The average Bonchev–Trinajstić information content (AvgIpc) is 2.70. The summed E-state index contributed by atoms with van der Waals surface area (Å²) in [5.74, 6) is -0.685. The van der Waals surface area contributed by atoms with Crippen LogP contribution in [0.4, 0.5) is 0 Å². The highest BCUT2D eigenvalue weighted by atomic mass is 16.5. The molecule has 3 rings (SSSR count). The van der Waals surface area contributed by atoms with E-state index in [9.17, 15) is 9.59 Å². The Balaban J connectivity index is 1.64. The van der Waals surface area contributed by atoms with Crippen molar-refractivity contribution in [3.63, 3.8) is 0 Å². The molecular formula is C23H27NO3. The van der Waals surface area contributed by atoms with Gasteiger partial charge in [0.1, 0.15) is 5.92 Å². The van der Waals surface area contributed by atoms with Gasteiger partial charge in [-0.1, -0.05) is 80.4 Å². The second-order valence-electron chi connectivity index (χ2n) is 7.30. The number of rotatable bonds is 6. The molecule has 4 nitrogen and oxygen atoms in total. The van der Waals surface area contributed by atoms with Gasteiger partial charge in [0, 0.05) is 6.04 Å². The third kappa shape index (κ3) is 5.19. The Kier molecular flexibility index (Phi) is 6.64. The number of nitrogens with one attached hydrogen (secondary N) is 1. The van der Waals surface area contributed by atoms with Crippen LogP contribution < -0.4 is 5.32 Å². The smallest absolute Gasteiger partial charge is 0.318 e. The van der Waals surface area contributed by atoms with E-state index >= 15 is 0 Å². The molecular weight excluding hydrogens is 338 g/mol. The van der Waals surface area contributed by atoms with Crippen LogP contribution in [-0.4, -0.2) is 24.5 Å². The average molecular weight is 365 g/mol. The van der Waals surface area contributed by atoms with Crippen molar-refractivity contribution in [2.75, 3.05) is 6.61 Å². The summed E-state index contributed by atoms with van der Waals surface area (Å²) in [4.78, 5) is 25.1. The molecule has 0 aliphatic heterocycles. The molecule has 2 aromatic carbocycles. The molecule has 4 heteroatoms. The lowest BCUT2D eigenvalue weighted by molar-refractivity contribution is -0.149. The van der Waals surface area contributed by atoms with Gasteiger partial charge in [-0.15, -0.1) is 0 Å². The molecule has 0 heterocycles. The first-order valence-electron chi connectivity index (χ1n) is 9.71. The molecule has 27 heavy (non-hydrogen) atoms. The zero-order valence-electron chi connectivity index (χ0n) is 15.8. The zero-order valence-corrected chi connectivity index (χ0v) is 15.8. The number of amides is 1. The first-order valence-corrected chi connectivity index (χ1v) is 9.71. The Labute approximate surface area is 160 Å². The molecule has 142 valence electrons. The second kappa shape index (κ2) is 9.36. The van der Waals surface area contributed by atoms with Gasteiger partial charge < -0.3 is 10.1 Å². The lowest BCUT2D eigenvalue weighted by atomic mass is 9.86. The Hall–Kier alpha value is -2.62. The molecule has 0 spiro atoms. The normalized spacial score (nSPS) is 19.5. The quantitative estimate of drug-likeness (QED) is 0.786. The maximum Gasteiger partial charge on any atom is 0.318 e. The molecule has 1 N–H and O–H groups in total. The molecule has 2 atom stereocenters. The molecule has 2 aromatic rings. The van der Waals surface area contributed by atoms with Crippen LogP contribution in [0.2, 0.25) is 0 Å². The molecule has 0 saturated heterocycles. The summed E-state index contributed by atoms with van der Waals surface area (Å²) in [7, 11) is 0. The van der Waals surface area contributed by atoms with E-state index in [2.05, 4.69) is 12.2 Å². The van der Waals surface area contributed by atoms with E-state index in [-0.39, 0.29) is 18.6 Å². The minimum absolute atomic E-state index is 0.184. The Morgan fingerprint density at radius 1 is 0.963 bits per heavy atom. The number of ether oxygens (including phenoxy) is 1. The standard InChI is InChI=1S/C23H27NO3/c1-17-10-8-9-15-20(17)24-21(25)16-27-23(26)22(18-11-4-2-5-12-18)19-13-6-3-7-14-19/h2-7,11-14,17,20,22H,8-10,15-16H2,1H3,(H,24,25)/t17-,20-/m0/s1. The maximum absolute atomic E-state index is 12.8. The Bertz CT molecular complexity index is 705. The van der Waals surface area contributed by atoms with Crippen molar-refractivity contribution >= 4 is 11.9 Å². The minimum Gasteiger partial charge on any atom is -0.455 e. The first-order chi connectivity index (χ1) is 13.1. The van der Waals surface area contributed by atoms with Crippen molar-refractivity contribution < 1.29 is 14.3 Å². The van der Waals surface area contributed by atoms with Crippen molar-refractivity contribution in [1.29, 1.82) is 0 Å². The fraction of sp³-hybridized carbons (Fsp3) is 0.391. The number of hydrogen-bond donors (Lipinski definition) is 1. The van der Waals surface area contributed by atoms with E-state index in [1.807, 2.05) is 60.7 Å². The molecule has 1 aliphatic carbocycles. The summed E-state index contributed by atoms with van der Waals surface area (Å²) in [6, 6.07) is 19.2. The molecule has 1 saturated carbocycles. The molecule has 0 radical (unpaired) electrons. The minimum atomic E-state index is -0.534. The molecule has 1 aliphatic rings. The number of esters is 1. The van der Waals surface area contributed by atoms with Gasteiger partial charge in [-0.3, -0.25) is 9.59 Å². The summed E-state index contributed by atoms with van der Waals surface area (Å²) in [6.45, 7) is 1.93. The highest BCUT2D eigenvalue weighted by Gasteiger charge is 2.26. The van der Waals surface area contributed by atoms with Crippen LogP contribution in [-0.2, 0) is 14.3 Å². The van der Waals surface area contributed by atoms with Crippen molar-refractivity contribution in [1.82, 2.24) is 5.32 Å². The third-order valence-corrected chi connectivity index (χ3v) is 5.30. The SMILES string of the molecule is C[C@H]1CCCC[C@@H]1NC(=O)COC(=O)C(c1ccccc1)c1ccccc1. The largest absolute Gasteiger partial charge is 0.455 e. The summed E-state index contributed by atoms with van der Waals surface area (Å²) in [6.07, 6.45) is 4.49. The summed E-state index contributed by atoms with van der Waals surface area (Å²) in [5.41, 5.74) is 1.71. The molecule has 1 amide bonds. The van der Waals surface area contributed by atoms with E-state index in [1.54, 1.807) is 0 Å². The zero-order chi connectivity index (χ0) is 19.1. The van der Waals surface area contributed by atoms with Gasteiger partial charge in [-0.05, 0) is 29.9 Å². The molecule has 0 bridgehead atoms. The van der Waals surface area contributed by atoms with Crippen LogP contribution in [0.5, 0.6) is 0 Å². The van der Waals surface area contributed by atoms with E-state index in [4.69, 9.17) is 4.74 Å². The Morgan fingerprint density at radius 2 is 1.52 bits per heavy atom. The van der Waals surface area contributed by atoms with Gasteiger partial charge in [0.2, 0.25) is 0 Å². The number of benzene rings is 2. The van der Waals surface area contributed by atoms with Crippen LogP contribution in [0.1, 0.15) is 49.7 Å². The van der Waals surface area contributed by atoms with Crippen LogP contribution in [0.3, 0.4) is 0 Å². The summed E-state index contributed by atoms with van der Waals surface area (Å²) >= 11 is 0. The fourth-order valence-electron chi connectivity index (χ4n) is 3.75. The summed E-state index contributed by atoms with van der Waals surface area (Å²) in [5, 5.41) is 3.03. The van der Waals surface area contributed by atoms with Crippen molar-refractivity contribution in [2.24, 2.45) is 5.92 Å². The Morgan fingerprint density at radius 3 is 2.07 bits per heavy atom. The van der Waals surface area contributed by atoms with Crippen LogP contribution in [0.15, 0.2) is 60.7 Å². The molecule has 0 aromatic heterocycles. The first kappa shape index (κ1) is 19.2. The fourth-order valence-corrected chi connectivity index (χ4v) is 3.75. The van der Waals surface area contributed by atoms with Crippen LogP contribution in [0, 0.1) is 5.92 Å². The number of hydrogen-bond acceptors (Lipinski definition) is 3. The van der Waals surface area contributed by atoms with E-state index < -0.39 is 11.9 Å². The van der Waals surface area contributed by atoms with E-state index in [0.29, 0.717) is 5.92 Å². The number of carbonyl (C=O) groups is 2. The van der Waals surface area contributed by atoms with Gasteiger partial charge in [-0.2, -0.15) is 0 Å². The van der Waals surface area contributed by atoms with E-state index in [1.165, 1.54) is 6.42 Å². The predicted octanol–water partition coefficient (Wildman–Crippen LogP) is 4.06. The van der Waals surface area contributed by atoms with Gasteiger partial charge in [0.25, 0.3) is 5.91 Å². The van der Waals surface area contributed by atoms with Crippen LogP contribution in [0.25, 0.3) is 0 Å². The molecule has 0 unspecified atom stereocenters. The molecule has 1 fully saturated rings. The lowest BCUT2D eigenvalue weighted by Crippen LogP contribution is -2.43. The second-order valence-corrected chi connectivity index (χ2v) is 7.30. The van der Waals surface area contributed by atoms with Crippen LogP contribution >= 0.6 is 0 Å². The number of carbonyl (C=O) groups excluding carboxylic acids is 2. The van der Waals surface area contributed by atoms with Gasteiger partial charge in [0.15, 0.2) is 6.61 Å². The maximum atomic E-state index is 12.8. The summed E-state index contributed by atoms with van der Waals surface area (Å²) < 4.78 is 5.40. The third-order valence-electron chi connectivity index (χ3n) is 5.30. The van der Waals surface area contributed by atoms with Crippen molar-refractivity contribution in [3.8, 4) is 0 Å². The lowest BCUT2D eigenvalue weighted by Gasteiger charge is -2.29. The van der Waals surface area contributed by atoms with Gasteiger partial charge in [0.05, 0.1) is 0 Å². The van der Waals surface area contributed by atoms with Gasteiger partial charge in [-0.25, -0.2) is 0 Å². The van der Waals surface area contributed by atoms with Crippen molar-refractivity contribution in [2.45, 2.75) is 44.6 Å². The van der Waals surface area contributed by atoms with E-state index in [0.717, 1.165) is 30.4 Å².